The smallest absolute Gasteiger partial charge is 0.337 e. The first kappa shape index (κ1) is 13.0. The number of carbonyl (C=O) groups is 2. The van der Waals surface area contributed by atoms with Crippen molar-refractivity contribution in [3.8, 4) is 0 Å². The molecule has 0 aliphatic rings. The predicted molar refractivity (Wildman–Crippen MR) is 67.8 cm³/mol. The number of aromatic carboxylic acids is 1. The Morgan fingerprint density at radius 3 is 2.89 bits per heavy atom. The van der Waals surface area contributed by atoms with Gasteiger partial charge in [-0.3, -0.25) is 4.79 Å². The minimum atomic E-state index is -1.04. The van der Waals surface area contributed by atoms with E-state index in [1.807, 2.05) is 6.92 Å². The van der Waals surface area contributed by atoms with Crippen molar-refractivity contribution in [3.63, 3.8) is 0 Å². The summed E-state index contributed by atoms with van der Waals surface area (Å²) in [5, 5.41) is 19.6. The number of carboxylic acids is 1. The topological polar surface area (TPSA) is 97.1 Å². The molecule has 1 aromatic carbocycles. The van der Waals surface area contributed by atoms with Gasteiger partial charge in [0, 0.05) is 13.0 Å². The Morgan fingerprint density at radius 1 is 1.42 bits per heavy atom. The van der Waals surface area contributed by atoms with Crippen LogP contribution in [0, 0.1) is 0 Å². The molecule has 7 nitrogen and oxygen atoms in total. The highest BCUT2D eigenvalue weighted by Crippen LogP contribution is 2.16. The Kier molecular flexibility index (Phi) is 3.74. The molecule has 1 heterocycles. The van der Waals surface area contributed by atoms with Crippen molar-refractivity contribution in [2.75, 3.05) is 6.54 Å². The fraction of sp³-hybridized carbons (Fsp3) is 0.333. The third-order valence-electron chi connectivity index (χ3n) is 2.69. The summed E-state index contributed by atoms with van der Waals surface area (Å²) in [5.74, 6) is -1.13. The largest absolute Gasteiger partial charge is 0.478 e. The molecule has 0 aliphatic carbocycles. The average Bonchev–Trinajstić information content (AvgIpc) is 2.79. The SMILES string of the molecule is CCNC(=O)CCn1nnc2cccc(C(=O)O)c21. The van der Waals surface area contributed by atoms with Gasteiger partial charge >= 0.3 is 5.97 Å². The molecule has 0 unspecified atom stereocenters. The molecule has 7 heteroatoms. The van der Waals surface area contributed by atoms with E-state index in [0.717, 1.165) is 0 Å². The summed E-state index contributed by atoms with van der Waals surface area (Å²) in [4.78, 5) is 22.6. The number of para-hydroxylation sites is 1. The molecule has 100 valence electrons. The van der Waals surface area contributed by atoms with Crippen molar-refractivity contribution in [1.82, 2.24) is 20.3 Å². The van der Waals surface area contributed by atoms with Crippen LogP contribution in [0.1, 0.15) is 23.7 Å². The van der Waals surface area contributed by atoms with Crippen LogP contribution in [-0.2, 0) is 11.3 Å². The fourth-order valence-electron chi connectivity index (χ4n) is 1.85. The number of aromatic nitrogens is 3. The van der Waals surface area contributed by atoms with E-state index in [0.29, 0.717) is 24.1 Å². The van der Waals surface area contributed by atoms with Crippen LogP contribution in [0.2, 0.25) is 0 Å². The van der Waals surface area contributed by atoms with Gasteiger partial charge in [0.05, 0.1) is 12.1 Å². The highest BCUT2D eigenvalue weighted by molar-refractivity contribution is 6.00. The zero-order valence-electron chi connectivity index (χ0n) is 10.5. The Morgan fingerprint density at radius 2 is 2.21 bits per heavy atom. The highest BCUT2D eigenvalue weighted by Gasteiger charge is 2.14. The van der Waals surface area contributed by atoms with E-state index in [9.17, 15) is 9.59 Å². The lowest BCUT2D eigenvalue weighted by molar-refractivity contribution is -0.121. The zero-order valence-corrected chi connectivity index (χ0v) is 10.5. The summed E-state index contributed by atoms with van der Waals surface area (Å²) >= 11 is 0. The van der Waals surface area contributed by atoms with E-state index >= 15 is 0 Å². The lowest BCUT2D eigenvalue weighted by atomic mass is 10.2. The first-order chi connectivity index (χ1) is 9.13. The number of aryl methyl sites for hydroxylation is 1. The van der Waals surface area contributed by atoms with Gasteiger partial charge in [0.25, 0.3) is 0 Å². The van der Waals surface area contributed by atoms with E-state index < -0.39 is 5.97 Å². The van der Waals surface area contributed by atoms with Crippen molar-refractivity contribution in [2.24, 2.45) is 0 Å². The van der Waals surface area contributed by atoms with Crippen LogP contribution < -0.4 is 5.32 Å². The molecule has 0 saturated heterocycles. The Labute approximate surface area is 109 Å². The van der Waals surface area contributed by atoms with Crippen LogP contribution >= 0.6 is 0 Å². The molecule has 0 spiro atoms. The van der Waals surface area contributed by atoms with Crippen molar-refractivity contribution in [3.05, 3.63) is 23.8 Å². The second-order valence-electron chi connectivity index (χ2n) is 3.99. The van der Waals surface area contributed by atoms with Crippen molar-refractivity contribution in [1.29, 1.82) is 0 Å². The average molecular weight is 262 g/mol. The normalized spacial score (nSPS) is 10.6. The van der Waals surface area contributed by atoms with E-state index in [1.54, 1.807) is 12.1 Å². The quantitative estimate of drug-likeness (QED) is 0.824. The zero-order chi connectivity index (χ0) is 13.8. The number of hydrogen-bond acceptors (Lipinski definition) is 4. The van der Waals surface area contributed by atoms with Gasteiger partial charge in [-0.1, -0.05) is 11.3 Å². The minimum absolute atomic E-state index is 0.0982. The van der Waals surface area contributed by atoms with Gasteiger partial charge in [-0.25, -0.2) is 9.48 Å². The van der Waals surface area contributed by atoms with Gasteiger partial charge in [-0.05, 0) is 19.1 Å². The predicted octanol–water partition coefficient (Wildman–Crippen LogP) is 0.656. The van der Waals surface area contributed by atoms with Crippen molar-refractivity contribution < 1.29 is 14.7 Å². The van der Waals surface area contributed by atoms with Gasteiger partial charge < -0.3 is 10.4 Å². The number of carbonyl (C=O) groups excluding carboxylic acids is 1. The molecule has 19 heavy (non-hydrogen) atoms. The van der Waals surface area contributed by atoms with Gasteiger partial charge in [0.2, 0.25) is 5.91 Å². The molecular weight excluding hydrogens is 248 g/mol. The van der Waals surface area contributed by atoms with E-state index in [1.165, 1.54) is 10.7 Å². The maximum Gasteiger partial charge on any atom is 0.337 e. The number of nitrogens with zero attached hydrogens (tertiary/aromatic N) is 3. The molecule has 1 aromatic heterocycles. The second kappa shape index (κ2) is 5.47. The molecule has 2 rings (SSSR count). The molecule has 0 bridgehead atoms. The van der Waals surface area contributed by atoms with Gasteiger partial charge in [0.1, 0.15) is 11.0 Å². The van der Waals surface area contributed by atoms with Crippen LogP contribution in [0.4, 0.5) is 0 Å². The fourth-order valence-corrected chi connectivity index (χ4v) is 1.85. The number of nitrogens with one attached hydrogen (secondary N) is 1. The Hall–Kier alpha value is -2.44. The molecule has 0 aliphatic heterocycles. The number of rotatable bonds is 5. The van der Waals surface area contributed by atoms with Crippen LogP contribution in [0.25, 0.3) is 11.0 Å². The first-order valence-electron chi connectivity index (χ1n) is 5.95. The highest BCUT2D eigenvalue weighted by atomic mass is 16.4. The lowest BCUT2D eigenvalue weighted by Crippen LogP contribution is -2.24. The van der Waals surface area contributed by atoms with E-state index in [-0.39, 0.29) is 17.9 Å². The van der Waals surface area contributed by atoms with Gasteiger partial charge in [-0.15, -0.1) is 5.10 Å². The summed E-state index contributed by atoms with van der Waals surface area (Å²) in [6.45, 7) is 2.70. The summed E-state index contributed by atoms with van der Waals surface area (Å²) in [6.07, 6.45) is 0.236. The third kappa shape index (κ3) is 2.70. The molecular formula is C12H14N4O3. The van der Waals surface area contributed by atoms with Gasteiger partial charge in [0.15, 0.2) is 0 Å². The number of carboxylic acid groups (broad SMARTS) is 1. The maximum absolute atomic E-state index is 11.4. The van der Waals surface area contributed by atoms with Crippen LogP contribution in [0.5, 0.6) is 0 Å². The van der Waals surface area contributed by atoms with E-state index in [4.69, 9.17) is 5.11 Å². The van der Waals surface area contributed by atoms with Crippen LogP contribution in [-0.4, -0.2) is 38.5 Å². The van der Waals surface area contributed by atoms with Crippen LogP contribution in [0.15, 0.2) is 18.2 Å². The van der Waals surface area contributed by atoms with E-state index in [2.05, 4.69) is 15.6 Å². The maximum atomic E-state index is 11.4. The molecule has 1 amide bonds. The summed E-state index contributed by atoms with van der Waals surface area (Å²) in [6, 6.07) is 4.81. The number of hydrogen-bond donors (Lipinski definition) is 2. The Bertz CT molecular complexity index is 620. The third-order valence-corrected chi connectivity index (χ3v) is 2.69. The van der Waals surface area contributed by atoms with Crippen LogP contribution in [0.3, 0.4) is 0 Å². The summed E-state index contributed by atoms with van der Waals surface area (Å²) < 4.78 is 1.45. The first-order valence-corrected chi connectivity index (χ1v) is 5.95. The second-order valence-corrected chi connectivity index (χ2v) is 3.99. The number of fused-ring (bicyclic) bond motifs is 1. The molecule has 0 atom stereocenters. The molecule has 2 N–H and O–H groups in total. The standard InChI is InChI=1S/C12H14N4O3/c1-2-13-10(17)6-7-16-11-8(12(18)19)4-3-5-9(11)14-15-16/h3-5H,2,6-7H2,1H3,(H,13,17)(H,18,19). The number of benzene rings is 1. The molecule has 0 radical (unpaired) electrons. The van der Waals surface area contributed by atoms with Crippen molar-refractivity contribution in [2.45, 2.75) is 19.9 Å². The monoisotopic (exact) mass is 262 g/mol. The number of amides is 1. The molecule has 0 saturated carbocycles. The minimum Gasteiger partial charge on any atom is -0.478 e. The molecule has 0 fully saturated rings. The van der Waals surface area contributed by atoms with Gasteiger partial charge in [-0.2, -0.15) is 0 Å². The molecule has 2 aromatic rings. The van der Waals surface area contributed by atoms with Crippen molar-refractivity contribution >= 4 is 22.9 Å². The lowest BCUT2D eigenvalue weighted by Gasteiger charge is -2.04. The summed E-state index contributed by atoms with van der Waals surface area (Å²) in [5.41, 5.74) is 1.09. The Balaban J connectivity index is 2.29. The summed E-state index contributed by atoms with van der Waals surface area (Å²) in [7, 11) is 0.